The first kappa shape index (κ1) is 12.2. The van der Waals surface area contributed by atoms with Crippen molar-refractivity contribution in [2.75, 3.05) is 0 Å². The molecule has 3 aromatic rings. The third-order valence-corrected chi connectivity index (χ3v) is 3.41. The average Bonchev–Trinajstić information content (AvgIpc) is 3.02. The monoisotopic (exact) mass is 274 g/mol. The molecule has 0 aromatic carbocycles. The van der Waals surface area contributed by atoms with Gasteiger partial charge in [0.15, 0.2) is 5.82 Å². The number of fused-ring (bicyclic) bond motifs is 1. The van der Waals surface area contributed by atoms with Crippen molar-refractivity contribution in [3.63, 3.8) is 0 Å². The topological polar surface area (TPSA) is 35.1 Å². The van der Waals surface area contributed by atoms with Crippen LogP contribution in [0.4, 0.5) is 0 Å². The van der Waals surface area contributed by atoms with Crippen molar-refractivity contribution in [1.29, 1.82) is 0 Å². The van der Waals surface area contributed by atoms with Crippen LogP contribution in [0.2, 0.25) is 0 Å². The average molecular weight is 275 g/mol. The smallest absolute Gasteiger partial charge is 0.161 e. The Hall–Kier alpha value is -1.81. The predicted molar refractivity (Wildman–Crippen MR) is 75.9 cm³/mol. The molecule has 0 aliphatic heterocycles. The van der Waals surface area contributed by atoms with E-state index in [1.54, 1.807) is 0 Å². The van der Waals surface area contributed by atoms with Crippen LogP contribution in [0.5, 0.6) is 0 Å². The molecule has 0 bridgehead atoms. The molecule has 98 valence electrons. The second-order valence-corrected chi connectivity index (χ2v) is 4.68. The van der Waals surface area contributed by atoms with E-state index in [1.165, 1.54) is 0 Å². The van der Waals surface area contributed by atoms with Gasteiger partial charge in [-0.15, -0.1) is 11.6 Å². The Balaban J connectivity index is 2.21. The molecule has 0 saturated carbocycles. The van der Waals surface area contributed by atoms with E-state index in [0.29, 0.717) is 5.88 Å². The Kier molecular flexibility index (Phi) is 3.25. The van der Waals surface area contributed by atoms with E-state index in [1.807, 2.05) is 45.8 Å². The molecule has 3 heterocycles. The summed E-state index contributed by atoms with van der Waals surface area (Å²) in [5.74, 6) is 2.32. The minimum Gasteiger partial charge on any atom is -0.301 e. The summed E-state index contributed by atoms with van der Waals surface area (Å²) in [6.07, 6.45) is 7.74. The Morgan fingerprint density at radius 1 is 1.26 bits per heavy atom. The van der Waals surface area contributed by atoms with Gasteiger partial charge in [0.1, 0.15) is 11.5 Å². The summed E-state index contributed by atoms with van der Waals surface area (Å²) in [5, 5.41) is 0. The fourth-order valence-electron chi connectivity index (χ4n) is 2.29. The van der Waals surface area contributed by atoms with Gasteiger partial charge in [0.25, 0.3) is 0 Å². The van der Waals surface area contributed by atoms with Crippen molar-refractivity contribution in [3.05, 3.63) is 48.3 Å². The summed E-state index contributed by atoms with van der Waals surface area (Å²) >= 11 is 6.10. The Labute approximate surface area is 116 Å². The highest BCUT2D eigenvalue weighted by molar-refractivity contribution is 6.17. The first-order valence-electron chi connectivity index (χ1n) is 6.39. The molecule has 0 fully saturated rings. The second-order valence-electron chi connectivity index (χ2n) is 4.41. The lowest BCUT2D eigenvalue weighted by Gasteiger charge is -2.05. The fourth-order valence-corrected chi connectivity index (χ4v) is 2.54. The number of aromatic nitrogens is 4. The van der Waals surface area contributed by atoms with Crippen molar-refractivity contribution in [2.45, 2.75) is 25.6 Å². The third-order valence-electron chi connectivity index (χ3n) is 3.15. The number of nitrogens with zero attached hydrogens (tertiary/aromatic N) is 4. The number of alkyl halides is 1. The third kappa shape index (κ3) is 2.02. The number of imidazole rings is 2. The van der Waals surface area contributed by atoms with Crippen LogP contribution in [0.3, 0.4) is 0 Å². The normalized spacial score (nSPS) is 11.3. The quantitative estimate of drug-likeness (QED) is 0.685. The fraction of sp³-hybridized carbons (Fsp3) is 0.286. The zero-order valence-corrected chi connectivity index (χ0v) is 11.5. The van der Waals surface area contributed by atoms with E-state index in [9.17, 15) is 0 Å². The van der Waals surface area contributed by atoms with E-state index >= 15 is 0 Å². The summed E-state index contributed by atoms with van der Waals surface area (Å²) < 4.78 is 4.06. The predicted octanol–water partition coefficient (Wildman–Crippen LogP) is 3.21. The molecule has 0 spiro atoms. The molecule has 0 aliphatic carbocycles. The molecule has 0 amide bonds. The van der Waals surface area contributed by atoms with Crippen molar-refractivity contribution in [2.24, 2.45) is 0 Å². The van der Waals surface area contributed by atoms with Gasteiger partial charge in [0, 0.05) is 25.0 Å². The van der Waals surface area contributed by atoms with Gasteiger partial charge >= 0.3 is 0 Å². The largest absolute Gasteiger partial charge is 0.301 e. The van der Waals surface area contributed by atoms with Gasteiger partial charge in [0.2, 0.25) is 0 Å². The van der Waals surface area contributed by atoms with Gasteiger partial charge in [-0.05, 0) is 18.6 Å². The van der Waals surface area contributed by atoms with Crippen LogP contribution in [0.1, 0.15) is 24.9 Å². The van der Waals surface area contributed by atoms with E-state index in [0.717, 1.165) is 35.8 Å². The Morgan fingerprint density at radius 3 is 2.95 bits per heavy atom. The van der Waals surface area contributed by atoms with Gasteiger partial charge in [-0.3, -0.25) is 4.57 Å². The molecular formula is C14H15ClN4. The summed E-state index contributed by atoms with van der Waals surface area (Å²) in [7, 11) is 0. The van der Waals surface area contributed by atoms with E-state index in [2.05, 4.69) is 16.9 Å². The molecule has 0 saturated heterocycles. The highest BCUT2D eigenvalue weighted by atomic mass is 35.5. The SMILES string of the molecule is CCCc1nccn1-c1nc2ccccn2c1CCl. The van der Waals surface area contributed by atoms with Crippen molar-refractivity contribution in [3.8, 4) is 5.82 Å². The Bertz CT molecular complexity index is 698. The van der Waals surface area contributed by atoms with Crippen LogP contribution in [-0.2, 0) is 12.3 Å². The molecule has 0 radical (unpaired) electrons. The van der Waals surface area contributed by atoms with Gasteiger partial charge in [-0.1, -0.05) is 13.0 Å². The first-order chi connectivity index (χ1) is 9.35. The number of hydrogen-bond donors (Lipinski definition) is 0. The molecule has 0 atom stereocenters. The van der Waals surface area contributed by atoms with Gasteiger partial charge in [-0.2, -0.15) is 0 Å². The molecule has 0 aliphatic rings. The molecule has 3 aromatic heterocycles. The number of hydrogen-bond acceptors (Lipinski definition) is 2. The minimum atomic E-state index is 0.421. The van der Waals surface area contributed by atoms with Crippen molar-refractivity contribution in [1.82, 2.24) is 18.9 Å². The number of aryl methyl sites for hydroxylation is 1. The Morgan fingerprint density at radius 2 is 2.16 bits per heavy atom. The molecule has 4 nitrogen and oxygen atoms in total. The van der Waals surface area contributed by atoms with Crippen LogP contribution < -0.4 is 0 Å². The van der Waals surface area contributed by atoms with Crippen LogP contribution in [-0.4, -0.2) is 18.9 Å². The maximum absolute atomic E-state index is 6.10. The highest BCUT2D eigenvalue weighted by Gasteiger charge is 2.14. The lowest BCUT2D eigenvalue weighted by Crippen LogP contribution is -2.03. The number of rotatable bonds is 4. The molecule has 0 N–H and O–H groups in total. The molecular weight excluding hydrogens is 260 g/mol. The van der Waals surface area contributed by atoms with Gasteiger partial charge < -0.3 is 4.40 Å². The zero-order chi connectivity index (χ0) is 13.2. The number of halogens is 1. The maximum atomic E-state index is 6.10. The van der Waals surface area contributed by atoms with E-state index in [4.69, 9.17) is 11.6 Å². The zero-order valence-electron chi connectivity index (χ0n) is 10.8. The van der Waals surface area contributed by atoms with Crippen molar-refractivity contribution >= 4 is 17.2 Å². The summed E-state index contributed by atoms with van der Waals surface area (Å²) in [4.78, 5) is 9.07. The van der Waals surface area contributed by atoms with Crippen LogP contribution in [0.15, 0.2) is 36.8 Å². The van der Waals surface area contributed by atoms with Crippen LogP contribution >= 0.6 is 11.6 Å². The van der Waals surface area contributed by atoms with Gasteiger partial charge in [0.05, 0.1) is 11.6 Å². The van der Waals surface area contributed by atoms with Gasteiger partial charge in [-0.25, -0.2) is 9.97 Å². The summed E-state index contributed by atoms with van der Waals surface area (Å²) in [5.41, 5.74) is 1.90. The maximum Gasteiger partial charge on any atom is 0.161 e. The van der Waals surface area contributed by atoms with Crippen LogP contribution in [0, 0.1) is 0 Å². The van der Waals surface area contributed by atoms with Crippen molar-refractivity contribution < 1.29 is 0 Å². The molecule has 19 heavy (non-hydrogen) atoms. The molecule has 5 heteroatoms. The molecule has 0 unspecified atom stereocenters. The van der Waals surface area contributed by atoms with E-state index in [-0.39, 0.29) is 0 Å². The van der Waals surface area contributed by atoms with Crippen LogP contribution in [0.25, 0.3) is 11.5 Å². The lowest BCUT2D eigenvalue weighted by atomic mass is 10.3. The molecule has 3 rings (SSSR count). The first-order valence-corrected chi connectivity index (χ1v) is 6.93. The second kappa shape index (κ2) is 5.05. The summed E-state index contributed by atoms with van der Waals surface area (Å²) in [6.45, 7) is 2.14. The standard InChI is InChI=1S/C14H15ClN4/c1-2-5-12-16-7-9-19(12)14-11(10-15)18-8-4-3-6-13(18)17-14/h3-4,6-9H,2,5,10H2,1H3. The number of pyridine rings is 1. The van der Waals surface area contributed by atoms with E-state index < -0.39 is 0 Å². The summed E-state index contributed by atoms with van der Waals surface area (Å²) in [6, 6.07) is 5.94. The minimum absolute atomic E-state index is 0.421. The highest BCUT2D eigenvalue weighted by Crippen LogP contribution is 2.20. The lowest BCUT2D eigenvalue weighted by molar-refractivity contribution is 0.797.